The molecule has 4 heteroatoms. The first-order valence-electron chi connectivity index (χ1n) is 6.16. The lowest BCUT2D eigenvalue weighted by Crippen LogP contribution is -1.98. The van der Waals surface area contributed by atoms with Crippen molar-refractivity contribution < 1.29 is 0 Å². The van der Waals surface area contributed by atoms with E-state index in [0.717, 1.165) is 12.2 Å². The van der Waals surface area contributed by atoms with Gasteiger partial charge in [-0.15, -0.1) is 11.3 Å². The van der Waals surface area contributed by atoms with Gasteiger partial charge in [-0.05, 0) is 40.6 Å². The minimum atomic E-state index is 0.479. The van der Waals surface area contributed by atoms with Crippen molar-refractivity contribution in [1.29, 1.82) is 5.26 Å². The fourth-order valence-corrected chi connectivity index (χ4v) is 3.27. The molecule has 2 aromatic carbocycles. The molecule has 98 valence electrons. The molecule has 1 heterocycles. The lowest BCUT2D eigenvalue weighted by Gasteiger charge is -2.07. The second-order valence-corrected chi connectivity index (χ2v) is 5.74. The highest BCUT2D eigenvalue weighted by Crippen LogP contribution is 2.27. The molecule has 0 radical (unpaired) electrons. The van der Waals surface area contributed by atoms with E-state index in [-0.39, 0.29) is 0 Å². The van der Waals surface area contributed by atoms with Gasteiger partial charge in [0, 0.05) is 16.9 Å². The van der Waals surface area contributed by atoms with Crippen molar-refractivity contribution >= 4 is 38.7 Å². The second-order valence-electron chi connectivity index (χ2n) is 4.42. The van der Waals surface area contributed by atoms with E-state index in [2.05, 4.69) is 41.0 Å². The standard InChI is InChI=1S/C16H11ClN2S/c17-15-7-13(6-5-11(15)8-18)19-9-12-10-20-16-4-2-1-3-14(12)16/h1-7,10,19H,9H2. The Morgan fingerprint density at radius 2 is 2.05 bits per heavy atom. The van der Waals surface area contributed by atoms with Crippen molar-refractivity contribution in [3.8, 4) is 6.07 Å². The molecule has 2 nitrogen and oxygen atoms in total. The predicted octanol–water partition coefficient (Wildman–Crippen LogP) is 5.04. The summed E-state index contributed by atoms with van der Waals surface area (Å²) in [7, 11) is 0. The fraction of sp³-hybridized carbons (Fsp3) is 0.0625. The maximum Gasteiger partial charge on any atom is 0.101 e. The van der Waals surface area contributed by atoms with Gasteiger partial charge in [0.1, 0.15) is 6.07 Å². The first-order chi connectivity index (χ1) is 9.78. The molecule has 0 amide bonds. The van der Waals surface area contributed by atoms with Crippen LogP contribution in [0.4, 0.5) is 5.69 Å². The van der Waals surface area contributed by atoms with Gasteiger partial charge >= 0.3 is 0 Å². The summed E-state index contributed by atoms with van der Waals surface area (Å²) in [5.41, 5.74) is 2.69. The van der Waals surface area contributed by atoms with Gasteiger partial charge in [-0.1, -0.05) is 29.8 Å². The average molecular weight is 299 g/mol. The molecule has 0 aliphatic heterocycles. The second kappa shape index (κ2) is 5.54. The van der Waals surface area contributed by atoms with Gasteiger partial charge < -0.3 is 5.32 Å². The van der Waals surface area contributed by atoms with Gasteiger partial charge in [-0.2, -0.15) is 5.26 Å². The van der Waals surface area contributed by atoms with Crippen molar-refractivity contribution in [2.45, 2.75) is 6.54 Å². The molecule has 0 aliphatic rings. The largest absolute Gasteiger partial charge is 0.381 e. The molecular formula is C16H11ClN2S. The third-order valence-corrected chi connectivity index (χ3v) is 4.46. The van der Waals surface area contributed by atoms with Gasteiger partial charge in [0.2, 0.25) is 0 Å². The lowest BCUT2D eigenvalue weighted by atomic mass is 10.1. The Balaban J connectivity index is 1.80. The summed E-state index contributed by atoms with van der Waals surface area (Å²) in [5, 5.41) is 16.1. The van der Waals surface area contributed by atoms with E-state index < -0.39 is 0 Å². The number of anilines is 1. The number of hydrogen-bond acceptors (Lipinski definition) is 3. The van der Waals surface area contributed by atoms with Crippen LogP contribution in [0.15, 0.2) is 47.8 Å². The van der Waals surface area contributed by atoms with Gasteiger partial charge in [0.15, 0.2) is 0 Å². The molecule has 0 saturated carbocycles. The topological polar surface area (TPSA) is 35.8 Å². The Hall–Kier alpha value is -2.02. The first-order valence-corrected chi connectivity index (χ1v) is 7.42. The number of halogens is 1. The minimum Gasteiger partial charge on any atom is -0.381 e. The summed E-state index contributed by atoms with van der Waals surface area (Å²) in [6.45, 7) is 0.742. The highest BCUT2D eigenvalue weighted by Gasteiger charge is 2.04. The number of nitriles is 1. The molecule has 3 aromatic rings. The summed E-state index contributed by atoms with van der Waals surface area (Å²) in [6, 6.07) is 15.8. The quantitative estimate of drug-likeness (QED) is 0.735. The van der Waals surface area contributed by atoms with Crippen LogP contribution in [-0.4, -0.2) is 0 Å². The number of benzene rings is 2. The Kier molecular flexibility index (Phi) is 3.60. The zero-order valence-electron chi connectivity index (χ0n) is 10.6. The van der Waals surface area contributed by atoms with Gasteiger partial charge in [-0.25, -0.2) is 0 Å². The van der Waals surface area contributed by atoms with E-state index in [1.807, 2.05) is 6.07 Å². The summed E-state index contributed by atoms with van der Waals surface area (Å²) in [5.74, 6) is 0. The molecule has 0 saturated heterocycles. The van der Waals surface area contributed by atoms with Gasteiger partial charge in [0.05, 0.1) is 10.6 Å². The van der Waals surface area contributed by atoms with E-state index >= 15 is 0 Å². The zero-order chi connectivity index (χ0) is 13.9. The Morgan fingerprint density at radius 3 is 2.85 bits per heavy atom. The van der Waals surface area contributed by atoms with E-state index in [0.29, 0.717) is 10.6 Å². The molecule has 0 atom stereocenters. The van der Waals surface area contributed by atoms with E-state index in [4.69, 9.17) is 16.9 Å². The summed E-state index contributed by atoms with van der Waals surface area (Å²) in [4.78, 5) is 0. The maximum atomic E-state index is 8.85. The summed E-state index contributed by atoms with van der Waals surface area (Å²) < 4.78 is 1.29. The Morgan fingerprint density at radius 1 is 1.20 bits per heavy atom. The number of hydrogen-bond donors (Lipinski definition) is 1. The van der Waals surface area contributed by atoms with Gasteiger partial charge in [-0.3, -0.25) is 0 Å². The number of nitrogens with one attached hydrogen (secondary N) is 1. The van der Waals surface area contributed by atoms with Crippen molar-refractivity contribution in [3.05, 3.63) is 64.0 Å². The van der Waals surface area contributed by atoms with Crippen LogP contribution < -0.4 is 5.32 Å². The van der Waals surface area contributed by atoms with Crippen molar-refractivity contribution in [1.82, 2.24) is 0 Å². The van der Waals surface area contributed by atoms with Gasteiger partial charge in [0.25, 0.3) is 0 Å². The maximum absolute atomic E-state index is 8.85. The van der Waals surface area contributed by atoms with Crippen LogP contribution in [0.2, 0.25) is 5.02 Å². The smallest absolute Gasteiger partial charge is 0.101 e. The number of fused-ring (bicyclic) bond motifs is 1. The Bertz CT molecular complexity index is 802. The highest BCUT2D eigenvalue weighted by atomic mass is 35.5. The zero-order valence-corrected chi connectivity index (χ0v) is 12.1. The van der Waals surface area contributed by atoms with E-state index in [1.54, 1.807) is 23.5 Å². The van der Waals surface area contributed by atoms with Crippen molar-refractivity contribution in [3.63, 3.8) is 0 Å². The highest BCUT2D eigenvalue weighted by molar-refractivity contribution is 7.17. The third kappa shape index (κ3) is 2.49. The van der Waals surface area contributed by atoms with Crippen LogP contribution in [0.25, 0.3) is 10.1 Å². The molecule has 3 rings (SSSR count). The van der Waals surface area contributed by atoms with Crippen LogP contribution in [0, 0.1) is 11.3 Å². The van der Waals surface area contributed by atoms with E-state index in [9.17, 15) is 0 Å². The average Bonchev–Trinajstić information content (AvgIpc) is 2.88. The van der Waals surface area contributed by atoms with Crippen LogP contribution in [0.1, 0.15) is 11.1 Å². The predicted molar refractivity (Wildman–Crippen MR) is 85.3 cm³/mol. The molecule has 0 unspecified atom stereocenters. The molecule has 0 fully saturated rings. The van der Waals surface area contributed by atoms with Crippen molar-refractivity contribution in [2.24, 2.45) is 0 Å². The molecule has 20 heavy (non-hydrogen) atoms. The normalized spacial score (nSPS) is 10.4. The lowest BCUT2D eigenvalue weighted by molar-refractivity contribution is 1.18. The molecule has 1 N–H and O–H groups in total. The fourth-order valence-electron chi connectivity index (χ4n) is 2.08. The molecule has 0 aliphatic carbocycles. The van der Waals surface area contributed by atoms with Crippen LogP contribution >= 0.6 is 22.9 Å². The van der Waals surface area contributed by atoms with Crippen LogP contribution in [0.3, 0.4) is 0 Å². The SMILES string of the molecule is N#Cc1ccc(NCc2csc3ccccc23)cc1Cl. The molecular weight excluding hydrogens is 288 g/mol. The van der Waals surface area contributed by atoms with Crippen molar-refractivity contribution in [2.75, 3.05) is 5.32 Å². The number of nitrogens with zero attached hydrogens (tertiary/aromatic N) is 1. The number of rotatable bonds is 3. The molecule has 1 aromatic heterocycles. The first kappa shape index (κ1) is 13.0. The molecule has 0 bridgehead atoms. The monoisotopic (exact) mass is 298 g/mol. The van der Waals surface area contributed by atoms with Crippen LogP contribution in [0.5, 0.6) is 0 Å². The Labute approximate surface area is 126 Å². The van der Waals surface area contributed by atoms with E-state index in [1.165, 1.54) is 15.6 Å². The number of thiophene rings is 1. The third-order valence-electron chi connectivity index (χ3n) is 3.13. The van der Waals surface area contributed by atoms with Crippen LogP contribution in [-0.2, 0) is 6.54 Å². The minimum absolute atomic E-state index is 0.479. The summed E-state index contributed by atoms with van der Waals surface area (Å²) in [6.07, 6.45) is 0. The summed E-state index contributed by atoms with van der Waals surface area (Å²) >= 11 is 7.77. The molecule has 0 spiro atoms.